The first kappa shape index (κ1) is 22.7. The molecule has 30 heavy (non-hydrogen) atoms. The van der Waals surface area contributed by atoms with E-state index in [-0.39, 0.29) is 44.2 Å². The highest BCUT2D eigenvalue weighted by Gasteiger charge is 2.20. The molecule has 1 aromatic carbocycles. The predicted molar refractivity (Wildman–Crippen MR) is 110 cm³/mol. The summed E-state index contributed by atoms with van der Waals surface area (Å²) in [6.45, 7) is 2.09. The van der Waals surface area contributed by atoms with Crippen molar-refractivity contribution in [2.24, 2.45) is 0 Å². The van der Waals surface area contributed by atoms with Crippen molar-refractivity contribution in [1.29, 1.82) is 5.26 Å². The number of methoxy groups -OCH3 is 1. The molecule has 0 radical (unpaired) electrons. The lowest BCUT2D eigenvalue weighted by Gasteiger charge is -2.22. The van der Waals surface area contributed by atoms with E-state index in [1.807, 2.05) is 24.3 Å². The minimum atomic E-state index is -0.500. The number of rotatable bonds is 9. The normalized spacial score (nSPS) is 10.2. The van der Waals surface area contributed by atoms with Gasteiger partial charge >= 0.3 is 5.97 Å². The number of carbonyl (C=O) groups excluding carboxylic acids is 3. The molecule has 8 heteroatoms. The topological polar surface area (TPSA) is 104 Å². The van der Waals surface area contributed by atoms with Crippen LogP contribution in [0, 0.1) is 18.3 Å². The number of esters is 1. The van der Waals surface area contributed by atoms with Crippen LogP contribution in [0.3, 0.4) is 0 Å². The van der Waals surface area contributed by atoms with Crippen molar-refractivity contribution < 1.29 is 23.5 Å². The minimum absolute atomic E-state index is 0.0219. The molecule has 2 aromatic rings. The molecule has 2 amide bonds. The molecule has 0 saturated carbocycles. The summed E-state index contributed by atoms with van der Waals surface area (Å²) in [5.74, 6) is -0.0790. The number of anilines is 1. The average molecular weight is 411 g/mol. The minimum Gasteiger partial charge on any atom is -0.465 e. The summed E-state index contributed by atoms with van der Waals surface area (Å²) in [5.41, 5.74) is 1.01. The van der Waals surface area contributed by atoms with Crippen molar-refractivity contribution in [3.63, 3.8) is 0 Å². The van der Waals surface area contributed by atoms with Crippen LogP contribution in [-0.2, 0) is 20.9 Å². The van der Waals surface area contributed by atoms with E-state index in [1.165, 1.54) is 16.9 Å². The fraction of sp³-hybridized carbons (Fsp3) is 0.364. The first-order valence-electron chi connectivity index (χ1n) is 9.51. The van der Waals surface area contributed by atoms with Gasteiger partial charge in [0, 0.05) is 32.1 Å². The van der Waals surface area contributed by atoms with Gasteiger partial charge < -0.3 is 19.0 Å². The van der Waals surface area contributed by atoms with Gasteiger partial charge in [-0.2, -0.15) is 5.26 Å². The molecule has 0 bridgehead atoms. The van der Waals surface area contributed by atoms with E-state index in [1.54, 1.807) is 32.2 Å². The number of benzene rings is 1. The number of hydrogen-bond donors (Lipinski definition) is 0. The summed E-state index contributed by atoms with van der Waals surface area (Å²) in [6.07, 6.45) is 0.248. The van der Waals surface area contributed by atoms with Gasteiger partial charge in [-0.1, -0.05) is 18.2 Å². The Hall–Kier alpha value is -3.60. The Morgan fingerprint density at radius 3 is 2.43 bits per heavy atom. The van der Waals surface area contributed by atoms with E-state index in [0.29, 0.717) is 22.8 Å². The number of nitrogens with zero attached hydrogens (tertiary/aromatic N) is 3. The molecule has 0 aliphatic rings. The third-order valence-electron chi connectivity index (χ3n) is 4.56. The second-order valence-electron chi connectivity index (χ2n) is 6.71. The smallest absolute Gasteiger partial charge is 0.341 e. The molecule has 158 valence electrons. The third-order valence-corrected chi connectivity index (χ3v) is 4.56. The molecule has 2 rings (SSSR count). The van der Waals surface area contributed by atoms with Gasteiger partial charge in [0.15, 0.2) is 0 Å². The van der Waals surface area contributed by atoms with Crippen LogP contribution in [-0.4, -0.2) is 43.4 Å². The van der Waals surface area contributed by atoms with Gasteiger partial charge in [-0.25, -0.2) is 4.79 Å². The zero-order valence-corrected chi connectivity index (χ0v) is 17.4. The van der Waals surface area contributed by atoms with Crippen molar-refractivity contribution in [3.8, 4) is 6.07 Å². The second kappa shape index (κ2) is 10.8. The standard InChI is InChI=1S/C22H25N3O5/c1-16-19(22(28)29-3)14-18(30-16)15-24(2)20(26)10-11-21(27)25(13-7-12-23)17-8-5-4-6-9-17/h4-6,8-9,14H,7,10-11,13,15H2,1-3H3. The lowest BCUT2D eigenvalue weighted by atomic mass is 10.2. The Kier molecular flexibility index (Phi) is 8.18. The molecule has 0 aliphatic heterocycles. The molecule has 0 saturated heterocycles. The Labute approximate surface area is 175 Å². The largest absolute Gasteiger partial charge is 0.465 e. The van der Waals surface area contributed by atoms with Gasteiger partial charge in [-0.3, -0.25) is 9.59 Å². The van der Waals surface area contributed by atoms with E-state index in [2.05, 4.69) is 0 Å². The second-order valence-corrected chi connectivity index (χ2v) is 6.71. The number of aryl methyl sites for hydroxylation is 1. The van der Waals surface area contributed by atoms with Crippen LogP contribution in [0.5, 0.6) is 0 Å². The number of ether oxygens (including phenoxy) is 1. The first-order chi connectivity index (χ1) is 14.4. The van der Waals surface area contributed by atoms with Crippen LogP contribution in [0.15, 0.2) is 40.8 Å². The van der Waals surface area contributed by atoms with Crippen LogP contribution >= 0.6 is 0 Å². The molecule has 0 atom stereocenters. The van der Waals surface area contributed by atoms with Gasteiger partial charge in [-0.15, -0.1) is 0 Å². The Morgan fingerprint density at radius 2 is 1.80 bits per heavy atom. The number of carbonyl (C=O) groups is 3. The van der Waals surface area contributed by atoms with E-state index in [0.717, 1.165) is 0 Å². The zero-order chi connectivity index (χ0) is 22.1. The van der Waals surface area contributed by atoms with Crippen molar-refractivity contribution in [2.75, 3.05) is 25.6 Å². The summed E-state index contributed by atoms with van der Waals surface area (Å²) < 4.78 is 10.2. The lowest BCUT2D eigenvalue weighted by Crippen LogP contribution is -2.33. The maximum absolute atomic E-state index is 12.7. The summed E-state index contributed by atoms with van der Waals surface area (Å²) in [4.78, 5) is 39.8. The van der Waals surface area contributed by atoms with Crippen molar-refractivity contribution in [3.05, 3.63) is 53.5 Å². The zero-order valence-electron chi connectivity index (χ0n) is 17.4. The van der Waals surface area contributed by atoms with Gasteiger partial charge in [0.05, 0.1) is 26.1 Å². The molecule has 1 heterocycles. The highest BCUT2D eigenvalue weighted by atomic mass is 16.5. The van der Waals surface area contributed by atoms with Gasteiger partial charge in [0.1, 0.15) is 17.1 Å². The van der Waals surface area contributed by atoms with Crippen LogP contribution in [0.25, 0.3) is 0 Å². The molecular weight excluding hydrogens is 386 g/mol. The van der Waals surface area contributed by atoms with Crippen molar-refractivity contribution in [1.82, 2.24) is 4.90 Å². The van der Waals surface area contributed by atoms with Crippen molar-refractivity contribution in [2.45, 2.75) is 32.7 Å². The number of furan rings is 1. The molecular formula is C22H25N3O5. The quantitative estimate of drug-likeness (QED) is 0.588. The predicted octanol–water partition coefficient (Wildman–Crippen LogP) is 3.06. The molecule has 8 nitrogen and oxygen atoms in total. The van der Waals surface area contributed by atoms with E-state index in [4.69, 9.17) is 14.4 Å². The third kappa shape index (κ3) is 5.95. The fourth-order valence-corrected chi connectivity index (χ4v) is 2.96. The number of nitriles is 1. The number of hydrogen-bond acceptors (Lipinski definition) is 6. The van der Waals surface area contributed by atoms with Crippen molar-refractivity contribution >= 4 is 23.5 Å². The van der Waals surface area contributed by atoms with Crippen LogP contribution in [0.4, 0.5) is 5.69 Å². The molecule has 0 fully saturated rings. The molecule has 0 spiro atoms. The summed E-state index contributed by atoms with van der Waals surface area (Å²) in [6, 6.07) is 12.6. The monoisotopic (exact) mass is 411 g/mol. The summed E-state index contributed by atoms with van der Waals surface area (Å²) >= 11 is 0. The molecule has 0 unspecified atom stereocenters. The van der Waals surface area contributed by atoms with E-state index >= 15 is 0 Å². The molecule has 0 N–H and O–H groups in total. The fourth-order valence-electron chi connectivity index (χ4n) is 2.96. The van der Waals surface area contributed by atoms with Gasteiger partial charge in [0.2, 0.25) is 11.8 Å². The highest BCUT2D eigenvalue weighted by molar-refractivity contribution is 5.95. The van der Waals surface area contributed by atoms with Gasteiger partial charge in [0.25, 0.3) is 0 Å². The Balaban J connectivity index is 1.95. The maximum atomic E-state index is 12.7. The Bertz CT molecular complexity index is 930. The van der Waals surface area contributed by atoms with E-state index < -0.39 is 5.97 Å². The molecule has 1 aromatic heterocycles. The SMILES string of the molecule is COC(=O)c1cc(CN(C)C(=O)CCC(=O)N(CCC#N)c2ccccc2)oc1C. The van der Waals surface area contributed by atoms with Gasteiger partial charge in [-0.05, 0) is 25.1 Å². The lowest BCUT2D eigenvalue weighted by molar-refractivity contribution is -0.132. The summed E-state index contributed by atoms with van der Waals surface area (Å²) in [7, 11) is 2.89. The van der Waals surface area contributed by atoms with E-state index in [9.17, 15) is 14.4 Å². The number of para-hydroxylation sites is 1. The van der Waals surface area contributed by atoms with Crippen LogP contribution < -0.4 is 4.90 Å². The molecule has 0 aliphatic carbocycles. The van der Waals surface area contributed by atoms with Crippen LogP contribution in [0.1, 0.15) is 41.1 Å². The number of amides is 2. The Morgan fingerprint density at radius 1 is 1.13 bits per heavy atom. The first-order valence-corrected chi connectivity index (χ1v) is 9.51. The van der Waals surface area contributed by atoms with Crippen LogP contribution in [0.2, 0.25) is 0 Å². The highest BCUT2D eigenvalue weighted by Crippen LogP contribution is 2.18. The average Bonchev–Trinajstić information content (AvgIpc) is 3.12. The maximum Gasteiger partial charge on any atom is 0.341 e. The summed E-state index contributed by atoms with van der Waals surface area (Å²) in [5, 5.41) is 8.86.